The van der Waals surface area contributed by atoms with Crippen LogP contribution < -0.4 is 10.1 Å². The number of aromatic nitrogens is 3. The number of pyridine rings is 2. The van der Waals surface area contributed by atoms with Gasteiger partial charge in [-0.2, -0.15) is 0 Å². The summed E-state index contributed by atoms with van der Waals surface area (Å²) in [7, 11) is 0. The zero-order valence-electron chi connectivity index (χ0n) is 14.1. The summed E-state index contributed by atoms with van der Waals surface area (Å²) in [5.74, 6) is 0.847. The van der Waals surface area contributed by atoms with Gasteiger partial charge in [0.15, 0.2) is 0 Å². The van der Waals surface area contributed by atoms with Crippen LogP contribution in [0.25, 0.3) is 10.9 Å². The molecule has 0 saturated heterocycles. The number of carbonyl (C=O) groups is 1. The molecule has 0 unspecified atom stereocenters. The summed E-state index contributed by atoms with van der Waals surface area (Å²) >= 11 is 0. The Morgan fingerprint density at radius 1 is 1.04 bits per heavy atom. The van der Waals surface area contributed by atoms with Crippen LogP contribution >= 0.6 is 0 Å². The summed E-state index contributed by atoms with van der Waals surface area (Å²) in [6.45, 7) is 1.91. The van der Waals surface area contributed by atoms with Gasteiger partial charge in [0, 0.05) is 28.9 Å². The largest absolute Gasteiger partial charge is 0.437 e. The first-order valence-corrected chi connectivity index (χ1v) is 8.13. The van der Waals surface area contributed by atoms with E-state index in [1.165, 1.54) is 0 Å². The van der Waals surface area contributed by atoms with Crippen LogP contribution in [-0.2, 0) is 0 Å². The van der Waals surface area contributed by atoms with Crippen molar-refractivity contribution >= 4 is 22.5 Å². The standard InChI is InChI=1S/C20H16N4O2/c1-13-6-8-15(11-21-13)26-19-9-7-14(10-23-19)24-20(25)17-12-22-18-5-3-2-4-16(17)18/h2-12,22H,1H3,(H,24,25). The zero-order chi connectivity index (χ0) is 17.9. The molecule has 0 spiro atoms. The van der Waals surface area contributed by atoms with E-state index < -0.39 is 0 Å². The first-order chi connectivity index (χ1) is 12.7. The van der Waals surface area contributed by atoms with Crippen molar-refractivity contribution in [2.75, 3.05) is 5.32 Å². The van der Waals surface area contributed by atoms with Crippen LogP contribution in [0.4, 0.5) is 5.69 Å². The third-order valence-corrected chi connectivity index (χ3v) is 3.93. The summed E-state index contributed by atoms with van der Waals surface area (Å²) in [4.78, 5) is 24.0. The number of anilines is 1. The van der Waals surface area contributed by atoms with E-state index in [-0.39, 0.29) is 5.91 Å². The summed E-state index contributed by atoms with van der Waals surface area (Å²) in [6.07, 6.45) is 4.91. The topological polar surface area (TPSA) is 79.9 Å². The van der Waals surface area contributed by atoms with Crippen molar-refractivity contribution < 1.29 is 9.53 Å². The molecule has 1 amide bonds. The molecule has 0 radical (unpaired) electrons. The van der Waals surface area contributed by atoms with Gasteiger partial charge in [-0.25, -0.2) is 4.98 Å². The summed E-state index contributed by atoms with van der Waals surface area (Å²) in [5, 5.41) is 3.73. The molecule has 0 aliphatic rings. The molecule has 128 valence electrons. The number of H-pyrrole nitrogens is 1. The van der Waals surface area contributed by atoms with E-state index in [4.69, 9.17) is 4.74 Å². The van der Waals surface area contributed by atoms with Crippen LogP contribution in [0.15, 0.2) is 67.1 Å². The summed E-state index contributed by atoms with van der Waals surface area (Å²) in [5.41, 5.74) is 3.02. The number of hydrogen-bond acceptors (Lipinski definition) is 4. The minimum absolute atomic E-state index is 0.194. The number of hydrogen-bond donors (Lipinski definition) is 2. The second-order valence-electron chi connectivity index (χ2n) is 5.82. The van der Waals surface area contributed by atoms with Crippen molar-refractivity contribution in [3.05, 3.63) is 78.4 Å². The van der Waals surface area contributed by atoms with E-state index >= 15 is 0 Å². The molecule has 0 aliphatic heterocycles. The van der Waals surface area contributed by atoms with Crippen molar-refractivity contribution in [3.63, 3.8) is 0 Å². The Labute approximate surface area is 149 Å². The van der Waals surface area contributed by atoms with Gasteiger partial charge in [0.1, 0.15) is 5.75 Å². The summed E-state index contributed by atoms with van der Waals surface area (Å²) in [6, 6.07) is 14.8. The van der Waals surface area contributed by atoms with Crippen molar-refractivity contribution in [3.8, 4) is 11.6 Å². The van der Waals surface area contributed by atoms with Crippen molar-refractivity contribution in [2.24, 2.45) is 0 Å². The molecule has 4 rings (SSSR count). The van der Waals surface area contributed by atoms with E-state index in [0.717, 1.165) is 16.6 Å². The fraction of sp³-hybridized carbons (Fsp3) is 0.0500. The molecule has 6 heteroatoms. The molecule has 6 nitrogen and oxygen atoms in total. The van der Waals surface area contributed by atoms with Gasteiger partial charge in [-0.1, -0.05) is 18.2 Å². The quantitative estimate of drug-likeness (QED) is 0.578. The SMILES string of the molecule is Cc1ccc(Oc2ccc(NC(=O)c3c[nH]c4ccccc34)cn2)cn1. The maximum atomic E-state index is 12.5. The molecule has 0 fully saturated rings. The molecule has 2 N–H and O–H groups in total. The molecule has 0 aliphatic carbocycles. The van der Waals surface area contributed by atoms with E-state index in [1.54, 1.807) is 30.7 Å². The number of rotatable bonds is 4. The lowest BCUT2D eigenvalue weighted by Gasteiger charge is -2.07. The first-order valence-electron chi connectivity index (χ1n) is 8.13. The predicted octanol–water partition coefficient (Wildman–Crippen LogP) is 4.31. The van der Waals surface area contributed by atoms with Crippen LogP contribution in [0.5, 0.6) is 11.6 Å². The van der Waals surface area contributed by atoms with Crippen molar-refractivity contribution in [1.82, 2.24) is 15.0 Å². The smallest absolute Gasteiger partial charge is 0.257 e. The van der Waals surface area contributed by atoms with Gasteiger partial charge >= 0.3 is 0 Å². The van der Waals surface area contributed by atoms with Crippen LogP contribution in [0.3, 0.4) is 0 Å². The number of carbonyl (C=O) groups excluding carboxylic acids is 1. The molecular formula is C20H16N4O2. The number of ether oxygens (including phenoxy) is 1. The second-order valence-corrected chi connectivity index (χ2v) is 5.82. The Hall–Kier alpha value is -3.67. The highest BCUT2D eigenvalue weighted by atomic mass is 16.5. The average molecular weight is 344 g/mol. The third-order valence-electron chi connectivity index (χ3n) is 3.93. The van der Waals surface area contributed by atoms with Crippen LogP contribution in [0.2, 0.25) is 0 Å². The number of aryl methyl sites for hydroxylation is 1. The zero-order valence-corrected chi connectivity index (χ0v) is 14.1. The lowest BCUT2D eigenvalue weighted by atomic mass is 10.1. The average Bonchev–Trinajstić information content (AvgIpc) is 3.09. The highest BCUT2D eigenvalue weighted by Gasteiger charge is 2.12. The predicted molar refractivity (Wildman–Crippen MR) is 99.5 cm³/mol. The maximum absolute atomic E-state index is 12.5. The monoisotopic (exact) mass is 344 g/mol. The third kappa shape index (κ3) is 3.25. The van der Waals surface area contributed by atoms with E-state index in [9.17, 15) is 4.79 Å². The minimum atomic E-state index is -0.194. The number of nitrogens with one attached hydrogen (secondary N) is 2. The minimum Gasteiger partial charge on any atom is -0.437 e. The Bertz CT molecular complexity index is 1050. The number of amides is 1. The van der Waals surface area contributed by atoms with Crippen LogP contribution in [0, 0.1) is 6.92 Å². The highest BCUT2D eigenvalue weighted by molar-refractivity contribution is 6.12. The van der Waals surface area contributed by atoms with Gasteiger partial charge in [-0.05, 0) is 31.2 Å². The van der Waals surface area contributed by atoms with Gasteiger partial charge in [-0.3, -0.25) is 9.78 Å². The van der Waals surface area contributed by atoms with Gasteiger partial charge in [0.05, 0.1) is 23.6 Å². The van der Waals surface area contributed by atoms with E-state index in [2.05, 4.69) is 20.3 Å². The van der Waals surface area contributed by atoms with Crippen molar-refractivity contribution in [2.45, 2.75) is 6.92 Å². The van der Waals surface area contributed by atoms with Crippen LogP contribution in [0.1, 0.15) is 16.1 Å². The molecule has 1 aromatic carbocycles. The number of aromatic amines is 1. The molecule has 3 heterocycles. The lowest BCUT2D eigenvalue weighted by molar-refractivity contribution is 0.102. The maximum Gasteiger partial charge on any atom is 0.257 e. The number of para-hydroxylation sites is 1. The number of fused-ring (bicyclic) bond motifs is 1. The fourth-order valence-corrected chi connectivity index (χ4v) is 2.61. The van der Waals surface area contributed by atoms with Gasteiger partial charge < -0.3 is 15.0 Å². The lowest BCUT2D eigenvalue weighted by Crippen LogP contribution is -2.11. The molecule has 0 atom stereocenters. The van der Waals surface area contributed by atoms with Gasteiger partial charge in [0.2, 0.25) is 5.88 Å². The second kappa shape index (κ2) is 6.68. The molecule has 3 aromatic heterocycles. The first kappa shape index (κ1) is 15.8. The Balaban J connectivity index is 1.47. The molecule has 26 heavy (non-hydrogen) atoms. The Kier molecular flexibility index (Phi) is 4.07. The number of nitrogens with zero attached hydrogens (tertiary/aromatic N) is 2. The van der Waals surface area contributed by atoms with Crippen LogP contribution in [-0.4, -0.2) is 20.9 Å². The Morgan fingerprint density at radius 3 is 2.69 bits per heavy atom. The van der Waals surface area contributed by atoms with E-state index in [1.807, 2.05) is 43.3 Å². The molecular weight excluding hydrogens is 328 g/mol. The Morgan fingerprint density at radius 2 is 1.92 bits per heavy atom. The van der Waals surface area contributed by atoms with E-state index in [0.29, 0.717) is 22.9 Å². The molecule has 0 bridgehead atoms. The normalized spacial score (nSPS) is 10.7. The highest BCUT2D eigenvalue weighted by Crippen LogP contribution is 2.22. The fourth-order valence-electron chi connectivity index (χ4n) is 2.61. The summed E-state index contributed by atoms with van der Waals surface area (Å²) < 4.78 is 5.63. The molecule has 0 saturated carbocycles. The van der Waals surface area contributed by atoms with Gasteiger partial charge in [-0.15, -0.1) is 0 Å². The number of benzene rings is 1. The molecule has 4 aromatic rings. The van der Waals surface area contributed by atoms with Crippen molar-refractivity contribution in [1.29, 1.82) is 0 Å². The van der Waals surface area contributed by atoms with Gasteiger partial charge in [0.25, 0.3) is 5.91 Å².